The quantitative estimate of drug-likeness (QED) is 0.516. The van der Waals surface area contributed by atoms with Gasteiger partial charge in [0.05, 0.1) is 0 Å². The number of hydrogen-bond acceptors (Lipinski definition) is 0. The molecule has 18 heavy (non-hydrogen) atoms. The normalized spacial score (nSPS) is 44.1. The lowest BCUT2D eigenvalue weighted by Crippen LogP contribution is -2.40. The minimum atomic E-state index is 0.711. The van der Waals surface area contributed by atoms with Crippen LogP contribution >= 0.6 is 0 Å². The van der Waals surface area contributed by atoms with Crippen molar-refractivity contribution in [2.45, 2.75) is 46.0 Å². The summed E-state index contributed by atoms with van der Waals surface area (Å²) >= 11 is 0. The Bertz CT molecular complexity index is 412. The van der Waals surface area contributed by atoms with Crippen LogP contribution in [0, 0.1) is 29.6 Å². The zero-order chi connectivity index (χ0) is 12.9. The van der Waals surface area contributed by atoms with Gasteiger partial charge < -0.3 is 0 Å². The van der Waals surface area contributed by atoms with Gasteiger partial charge in [-0.25, -0.2) is 0 Å². The van der Waals surface area contributed by atoms with Crippen molar-refractivity contribution in [2.24, 2.45) is 29.6 Å². The predicted octanol–water partition coefficient (Wildman–Crippen LogP) is 5.14. The average molecular weight is 242 g/mol. The summed E-state index contributed by atoms with van der Waals surface area (Å²) in [5.74, 6) is 3.77. The van der Waals surface area contributed by atoms with Crippen LogP contribution in [0.4, 0.5) is 0 Å². The molecule has 0 N–H and O–H groups in total. The molecule has 0 aromatic rings. The van der Waals surface area contributed by atoms with Crippen molar-refractivity contribution in [3.8, 4) is 0 Å². The maximum absolute atomic E-state index is 4.43. The smallest absolute Gasteiger partial charge is 0.00692 e. The molecule has 0 radical (unpaired) electrons. The van der Waals surface area contributed by atoms with E-state index in [2.05, 4.69) is 33.1 Å². The van der Waals surface area contributed by atoms with Gasteiger partial charge in [0.25, 0.3) is 0 Å². The minimum Gasteiger partial charge on any atom is -0.0995 e. The van der Waals surface area contributed by atoms with Crippen LogP contribution in [0.25, 0.3) is 0 Å². The van der Waals surface area contributed by atoms with Gasteiger partial charge in [0.1, 0.15) is 0 Å². The highest BCUT2D eigenvalue weighted by atomic mass is 14.5. The fourth-order valence-corrected chi connectivity index (χ4v) is 4.93. The monoisotopic (exact) mass is 242 g/mol. The largest absolute Gasteiger partial charge is 0.0995 e. The lowest BCUT2D eigenvalue weighted by Gasteiger charge is -2.49. The van der Waals surface area contributed by atoms with E-state index in [0.717, 1.165) is 17.8 Å². The SMILES string of the molecule is C=C1CCC[C@@H]2C(C)=C[C@H]3C[C@@H](C)CC(=C)[C@@H]3[C@@H]12. The summed E-state index contributed by atoms with van der Waals surface area (Å²) in [7, 11) is 0. The van der Waals surface area contributed by atoms with Gasteiger partial charge in [0, 0.05) is 0 Å². The van der Waals surface area contributed by atoms with Crippen molar-refractivity contribution < 1.29 is 0 Å². The Morgan fingerprint density at radius 1 is 1.17 bits per heavy atom. The number of rotatable bonds is 0. The van der Waals surface area contributed by atoms with Gasteiger partial charge in [0.15, 0.2) is 0 Å². The van der Waals surface area contributed by atoms with Crippen LogP contribution in [0.15, 0.2) is 36.0 Å². The van der Waals surface area contributed by atoms with E-state index in [1.165, 1.54) is 43.3 Å². The molecule has 0 aromatic carbocycles. The molecule has 0 heterocycles. The fraction of sp³-hybridized carbons (Fsp3) is 0.667. The van der Waals surface area contributed by atoms with E-state index in [1.807, 2.05) is 0 Å². The number of fused-ring (bicyclic) bond motifs is 3. The molecule has 0 spiro atoms. The first kappa shape index (κ1) is 12.3. The zero-order valence-electron chi connectivity index (χ0n) is 11.9. The molecule has 0 bridgehead atoms. The Hall–Kier alpha value is -0.780. The standard InChI is InChI=1S/C18H26/c1-11-8-14(4)17-15(9-11)10-13(3)16-7-5-6-12(2)18(16)17/h10-11,15-18H,2,4-9H2,1,3H3/t11-,15+,16+,17-,18-/m0/s1. The van der Waals surface area contributed by atoms with Crippen molar-refractivity contribution in [3.63, 3.8) is 0 Å². The number of hydrogen-bond donors (Lipinski definition) is 0. The van der Waals surface area contributed by atoms with E-state index >= 15 is 0 Å². The summed E-state index contributed by atoms with van der Waals surface area (Å²) in [6, 6.07) is 0. The van der Waals surface area contributed by atoms with Gasteiger partial charge >= 0.3 is 0 Å². The van der Waals surface area contributed by atoms with Crippen molar-refractivity contribution in [1.29, 1.82) is 0 Å². The Morgan fingerprint density at radius 2 is 1.94 bits per heavy atom. The third kappa shape index (κ3) is 1.81. The van der Waals surface area contributed by atoms with Gasteiger partial charge in [0.2, 0.25) is 0 Å². The van der Waals surface area contributed by atoms with Crippen molar-refractivity contribution in [3.05, 3.63) is 36.0 Å². The molecule has 2 fully saturated rings. The topological polar surface area (TPSA) is 0 Å². The minimum absolute atomic E-state index is 0.711. The second-order valence-electron chi connectivity index (χ2n) is 6.99. The molecule has 0 aromatic heterocycles. The zero-order valence-corrected chi connectivity index (χ0v) is 11.9. The van der Waals surface area contributed by atoms with Gasteiger partial charge in [-0.05, 0) is 68.6 Å². The molecule has 98 valence electrons. The summed E-state index contributed by atoms with van der Waals surface area (Å²) in [6.07, 6.45) is 9.15. The van der Waals surface area contributed by atoms with Crippen LogP contribution in [0.5, 0.6) is 0 Å². The molecule has 2 saturated carbocycles. The third-order valence-electron chi connectivity index (χ3n) is 5.58. The van der Waals surface area contributed by atoms with Crippen LogP contribution in [0.1, 0.15) is 46.0 Å². The molecule has 0 unspecified atom stereocenters. The first-order valence-corrected chi connectivity index (χ1v) is 7.61. The highest BCUT2D eigenvalue weighted by Gasteiger charge is 2.44. The molecule has 0 aliphatic heterocycles. The molecule has 0 amide bonds. The molecule has 3 aliphatic carbocycles. The first-order valence-electron chi connectivity index (χ1n) is 7.61. The Morgan fingerprint density at radius 3 is 2.72 bits per heavy atom. The molecular weight excluding hydrogens is 216 g/mol. The van der Waals surface area contributed by atoms with Gasteiger partial charge in [-0.2, -0.15) is 0 Å². The van der Waals surface area contributed by atoms with Gasteiger partial charge in [-0.3, -0.25) is 0 Å². The molecule has 0 nitrogen and oxygen atoms in total. The van der Waals surface area contributed by atoms with E-state index < -0.39 is 0 Å². The molecule has 0 heteroatoms. The second kappa shape index (κ2) is 4.40. The Balaban J connectivity index is 1.99. The molecular formula is C18H26. The van der Waals surface area contributed by atoms with Crippen LogP contribution in [-0.4, -0.2) is 0 Å². The average Bonchev–Trinajstić information content (AvgIpc) is 2.29. The van der Waals surface area contributed by atoms with E-state index in [-0.39, 0.29) is 0 Å². The van der Waals surface area contributed by atoms with Gasteiger partial charge in [-0.1, -0.05) is 42.9 Å². The molecule has 5 atom stereocenters. The van der Waals surface area contributed by atoms with E-state index in [4.69, 9.17) is 0 Å². The Kier molecular flexibility index (Phi) is 3.00. The summed E-state index contributed by atoms with van der Waals surface area (Å²) in [5.41, 5.74) is 4.67. The maximum Gasteiger partial charge on any atom is -0.00692 e. The summed E-state index contributed by atoms with van der Waals surface area (Å²) in [5, 5.41) is 0. The van der Waals surface area contributed by atoms with E-state index in [9.17, 15) is 0 Å². The van der Waals surface area contributed by atoms with Crippen LogP contribution in [-0.2, 0) is 0 Å². The third-order valence-corrected chi connectivity index (χ3v) is 5.58. The summed E-state index contributed by atoms with van der Waals surface area (Å²) < 4.78 is 0. The first-order chi connectivity index (χ1) is 8.58. The molecule has 3 rings (SSSR count). The van der Waals surface area contributed by atoms with Crippen molar-refractivity contribution in [1.82, 2.24) is 0 Å². The lowest BCUT2D eigenvalue weighted by molar-refractivity contribution is 0.165. The highest BCUT2D eigenvalue weighted by Crippen LogP contribution is 2.54. The summed E-state index contributed by atoms with van der Waals surface area (Å²) in [6.45, 7) is 13.6. The van der Waals surface area contributed by atoms with Crippen LogP contribution in [0.2, 0.25) is 0 Å². The predicted molar refractivity (Wildman–Crippen MR) is 78.2 cm³/mol. The van der Waals surface area contributed by atoms with E-state index in [1.54, 1.807) is 5.57 Å². The highest BCUT2D eigenvalue weighted by molar-refractivity contribution is 5.29. The van der Waals surface area contributed by atoms with Crippen LogP contribution in [0.3, 0.4) is 0 Å². The lowest BCUT2D eigenvalue weighted by atomic mass is 9.55. The van der Waals surface area contributed by atoms with Crippen molar-refractivity contribution >= 4 is 0 Å². The molecule has 3 aliphatic rings. The maximum atomic E-state index is 4.43. The van der Waals surface area contributed by atoms with E-state index in [0.29, 0.717) is 11.8 Å². The van der Waals surface area contributed by atoms with Gasteiger partial charge in [-0.15, -0.1) is 0 Å². The Labute approximate surface area is 112 Å². The molecule has 0 saturated heterocycles. The second-order valence-corrected chi connectivity index (χ2v) is 6.99. The van der Waals surface area contributed by atoms with Crippen LogP contribution < -0.4 is 0 Å². The number of allylic oxidation sites excluding steroid dienone is 4. The van der Waals surface area contributed by atoms with Crippen molar-refractivity contribution in [2.75, 3.05) is 0 Å². The fourth-order valence-electron chi connectivity index (χ4n) is 4.93. The summed E-state index contributed by atoms with van der Waals surface area (Å²) in [4.78, 5) is 0.